The fourth-order valence-corrected chi connectivity index (χ4v) is 1.64. The summed E-state index contributed by atoms with van der Waals surface area (Å²) in [6, 6.07) is 6.23. The Morgan fingerprint density at radius 1 is 1.25 bits per heavy atom. The Morgan fingerprint density at radius 2 is 2.06 bits per heavy atom. The van der Waals surface area contributed by atoms with Crippen molar-refractivity contribution >= 4 is 0 Å². The Hall–Kier alpha value is -1.50. The number of unbranched alkanes of at least 4 members (excludes halogenated alkanes) is 1. The van der Waals surface area contributed by atoms with Crippen LogP contribution in [0.3, 0.4) is 0 Å². The second-order valence-corrected chi connectivity index (χ2v) is 3.84. The van der Waals surface area contributed by atoms with Gasteiger partial charge in [0.05, 0.1) is 6.61 Å². The summed E-state index contributed by atoms with van der Waals surface area (Å²) in [7, 11) is 0. The maximum atomic E-state index is 5.83. The predicted octanol–water partition coefficient (Wildman–Crippen LogP) is 4.07. The van der Waals surface area contributed by atoms with Crippen LogP contribution in [0.25, 0.3) is 0 Å². The number of aryl methyl sites for hydroxylation is 1. The van der Waals surface area contributed by atoms with E-state index in [-0.39, 0.29) is 0 Å². The van der Waals surface area contributed by atoms with E-state index in [1.165, 1.54) is 11.1 Å². The van der Waals surface area contributed by atoms with E-state index in [0.717, 1.165) is 31.6 Å². The zero-order valence-corrected chi connectivity index (χ0v) is 10.0. The number of benzene rings is 1. The first-order valence-corrected chi connectivity index (χ1v) is 5.72. The fourth-order valence-electron chi connectivity index (χ4n) is 1.64. The Morgan fingerprint density at radius 3 is 2.75 bits per heavy atom. The van der Waals surface area contributed by atoms with Crippen LogP contribution in [-0.2, 0) is 6.42 Å². The van der Waals surface area contributed by atoms with Crippen molar-refractivity contribution in [3.05, 3.63) is 54.6 Å². The highest BCUT2D eigenvalue weighted by atomic mass is 16.5. The molecule has 0 amide bonds. The molecule has 1 aromatic rings. The van der Waals surface area contributed by atoms with Crippen molar-refractivity contribution in [1.82, 2.24) is 0 Å². The van der Waals surface area contributed by atoms with Crippen molar-refractivity contribution in [3.63, 3.8) is 0 Å². The molecule has 0 saturated heterocycles. The maximum Gasteiger partial charge on any atom is 0.125 e. The maximum absolute atomic E-state index is 5.83. The standard InChI is InChI=1S/C15H20O/c1-4-6-7-12-16-15-13(3)10-8-11-14(15)9-5-2/h4-5,8,10-11H,1-2,6-7,9,12H2,3H3. The molecule has 0 aliphatic heterocycles. The van der Waals surface area contributed by atoms with Gasteiger partial charge in [0.2, 0.25) is 0 Å². The number of para-hydroxylation sites is 1. The zero-order valence-electron chi connectivity index (χ0n) is 10.0. The van der Waals surface area contributed by atoms with Crippen LogP contribution in [0.2, 0.25) is 0 Å². The van der Waals surface area contributed by atoms with Crippen LogP contribution in [0.5, 0.6) is 5.75 Å². The zero-order chi connectivity index (χ0) is 11.8. The van der Waals surface area contributed by atoms with Crippen LogP contribution < -0.4 is 4.74 Å². The molecule has 0 radical (unpaired) electrons. The summed E-state index contributed by atoms with van der Waals surface area (Å²) >= 11 is 0. The van der Waals surface area contributed by atoms with Crippen molar-refractivity contribution in [1.29, 1.82) is 0 Å². The molecule has 0 heterocycles. The van der Waals surface area contributed by atoms with E-state index < -0.39 is 0 Å². The molecular weight excluding hydrogens is 196 g/mol. The highest BCUT2D eigenvalue weighted by Gasteiger charge is 2.04. The number of hydrogen-bond acceptors (Lipinski definition) is 1. The number of ether oxygens (including phenoxy) is 1. The van der Waals surface area contributed by atoms with Crippen molar-refractivity contribution in [3.8, 4) is 5.75 Å². The molecule has 0 fully saturated rings. The molecule has 0 unspecified atom stereocenters. The molecule has 1 heteroatoms. The monoisotopic (exact) mass is 216 g/mol. The summed E-state index contributed by atoms with van der Waals surface area (Å²) in [4.78, 5) is 0. The highest BCUT2D eigenvalue weighted by molar-refractivity contribution is 5.41. The number of allylic oxidation sites excluding steroid dienone is 2. The van der Waals surface area contributed by atoms with Crippen molar-refractivity contribution in [2.45, 2.75) is 26.2 Å². The molecule has 1 nitrogen and oxygen atoms in total. The third kappa shape index (κ3) is 3.58. The van der Waals surface area contributed by atoms with E-state index in [1.54, 1.807) is 0 Å². The molecule has 0 saturated carbocycles. The third-order valence-corrected chi connectivity index (χ3v) is 2.46. The van der Waals surface area contributed by atoms with E-state index in [4.69, 9.17) is 4.74 Å². The third-order valence-electron chi connectivity index (χ3n) is 2.46. The van der Waals surface area contributed by atoms with Gasteiger partial charge in [-0.25, -0.2) is 0 Å². The average Bonchev–Trinajstić information content (AvgIpc) is 2.28. The minimum Gasteiger partial charge on any atom is -0.493 e. The Bertz CT molecular complexity index is 352. The van der Waals surface area contributed by atoms with E-state index in [0.29, 0.717) is 0 Å². The van der Waals surface area contributed by atoms with Gasteiger partial charge in [-0.05, 0) is 37.3 Å². The van der Waals surface area contributed by atoms with Crippen LogP contribution in [-0.4, -0.2) is 6.61 Å². The first-order valence-electron chi connectivity index (χ1n) is 5.72. The second kappa shape index (κ2) is 6.89. The van der Waals surface area contributed by atoms with Crippen LogP contribution in [0.4, 0.5) is 0 Å². The molecule has 1 rings (SSSR count). The lowest BCUT2D eigenvalue weighted by atomic mass is 10.1. The topological polar surface area (TPSA) is 9.23 Å². The first-order chi connectivity index (χ1) is 7.79. The number of hydrogen-bond donors (Lipinski definition) is 0. The van der Waals surface area contributed by atoms with Gasteiger partial charge in [0.15, 0.2) is 0 Å². The Balaban J connectivity index is 2.67. The lowest BCUT2D eigenvalue weighted by Crippen LogP contribution is -2.01. The quantitative estimate of drug-likeness (QED) is 0.493. The van der Waals surface area contributed by atoms with Gasteiger partial charge in [0.1, 0.15) is 5.75 Å². The fraction of sp³-hybridized carbons (Fsp3) is 0.333. The molecule has 0 aromatic heterocycles. The minimum absolute atomic E-state index is 0.751. The van der Waals surface area contributed by atoms with Crippen LogP contribution >= 0.6 is 0 Å². The summed E-state index contributed by atoms with van der Waals surface area (Å²) in [5.74, 6) is 1.02. The molecular formula is C15H20O. The molecule has 0 bridgehead atoms. The lowest BCUT2D eigenvalue weighted by Gasteiger charge is -2.12. The van der Waals surface area contributed by atoms with Gasteiger partial charge in [0.25, 0.3) is 0 Å². The summed E-state index contributed by atoms with van der Waals surface area (Å²) in [6.45, 7) is 10.3. The van der Waals surface area contributed by atoms with Crippen LogP contribution in [0.15, 0.2) is 43.5 Å². The van der Waals surface area contributed by atoms with Gasteiger partial charge in [-0.3, -0.25) is 0 Å². The van der Waals surface area contributed by atoms with E-state index in [2.05, 4.69) is 38.3 Å². The highest BCUT2D eigenvalue weighted by Crippen LogP contribution is 2.24. The molecule has 0 N–H and O–H groups in total. The first kappa shape index (κ1) is 12.6. The summed E-state index contributed by atoms with van der Waals surface area (Å²) in [6.07, 6.45) is 6.71. The molecule has 86 valence electrons. The average molecular weight is 216 g/mol. The van der Waals surface area contributed by atoms with Gasteiger partial charge in [0, 0.05) is 0 Å². The Kier molecular flexibility index (Phi) is 5.41. The lowest BCUT2D eigenvalue weighted by molar-refractivity contribution is 0.307. The SMILES string of the molecule is C=CCCCOc1c(C)cccc1CC=C. The van der Waals surface area contributed by atoms with E-state index in [1.807, 2.05) is 12.2 Å². The molecule has 16 heavy (non-hydrogen) atoms. The molecule has 1 aromatic carbocycles. The normalized spacial score (nSPS) is 9.81. The van der Waals surface area contributed by atoms with Gasteiger partial charge < -0.3 is 4.74 Å². The predicted molar refractivity (Wildman–Crippen MR) is 70.0 cm³/mol. The largest absolute Gasteiger partial charge is 0.493 e. The number of rotatable bonds is 7. The summed E-state index contributed by atoms with van der Waals surface area (Å²) in [5.41, 5.74) is 2.41. The molecule has 0 aliphatic carbocycles. The van der Waals surface area contributed by atoms with E-state index >= 15 is 0 Å². The van der Waals surface area contributed by atoms with Crippen LogP contribution in [0, 0.1) is 6.92 Å². The molecule has 0 atom stereocenters. The smallest absolute Gasteiger partial charge is 0.125 e. The minimum atomic E-state index is 0.751. The molecule has 0 aliphatic rings. The van der Waals surface area contributed by atoms with Gasteiger partial charge >= 0.3 is 0 Å². The molecule has 0 spiro atoms. The Labute approximate surface area is 98.5 Å². The van der Waals surface area contributed by atoms with E-state index in [9.17, 15) is 0 Å². The van der Waals surface area contributed by atoms with Crippen molar-refractivity contribution in [2.75, 3.05) is 6.61 Å². The van der Waals surface area contributed by atoms with Gasteiger partial charge in [-0.15, -0.1) is 13.2 Å². The van der Waals surface area contributed by atoms with Gasteiger partial charge in [-0.1, -0.05) is 30.4 Å². The van der Waals surface area contributed by atoms with Crippen LogP contribution in [0.1, 0.15) is 24.0 Å². The van der Waals surface area contributed by atoms with Crippen molar-refractivity contribution < 1.29 is 4.74 Å². The van der Waals surface area contributed by atoms with Gasteiger partial charge in [-0.2, -0.15) is 0 Å². The summed E-state index contributed by atoms with van der Waals surface area (Å²) in [5, 5.41) is 0. The second-order valence-electron chi connectivity index (χ2n) is 3.84. The summed E-state index contributed by atoms with van der Waals surface area (Å²) < 4.78 is 5.83. The van der Waals surface area contributed by atoms with Crippen molar-refractivity contribution in [2.24, 2.45) is 0 Å².